The number of imide groups is 1. The Hall–Kier alpha value is -4.28. The number of carbonyl (C=O) groups excluding carboxylic acids is 3. The number of fused-ring (bicyclic) bond motifs is 1. The van der Waals surface area contributed by atoms with Gasteiger partial charge in [0, 0.05) is 80.8 Å². The fraction of sp³-hybridized carbons (Fsp3) is 0.595. The molecule has 5 aliphatic rings. The summed E-state index contributed by atoms with van der Waals surface area (Å²) in [6.07, 6.45) is 7.71. The second kappa shape index (κ2) is 18.3. The van der Waals surface area contributed by atoms with Gasteiger partial charge >= 0.3 is 0 Å². The molecular formula is C42H53F2N7O6S. The predicted molar refractivity (Wildman–Crippen MR) is 218 cm³/mol. The van der Waals surface area contributed by atoms with E-state index in [0.717, 1.165) is 77.9 Å². The predicted octanol–water partition coefficient (Wildman–Crippen LogP) is 4.83. The number of halogens is 2. The van der Waals surface area contributed by atoms with Crippen molar-refractivity contribution in [3.63, 3.8) is 0 Å². The van der Waals surface area contributed by atoms with Crippen LogP contribution in [0.5, 0.6) is 5.75 Å². The van der Waals surface area contributed by atoms with Crippen LogP contribution in [0.2, 0.25) is 0 Å². The van der Waals surface area contributed by atoms with E-state index >= 15 is 8.78 Å². The Morgan fingerprint density at radius 2 is 1.66 bits per heavy atom. The van der Waals surface area contributed by atoms with Gasteiger partial charge in [-0.2, -0.15) is 11.8 Å². The molecule has 0 aliphatic carbocycles. The van der Waals surface area contributed by atoms with Gasteiger partial charge in [0.05, 0.1) is 23.6 Å². The number of H-pyrrole nitrogens is 1. The first-order valence-electron chi connectivity index (χ1n) is 20.9. The molecule has 0 bridgehead atoms. The monoisotopic (exact) mass is 821 g/mol. The number of hydrogen-bond donors (Lipinski definition) is 3. The van der Waals surface area contributed by atoms with Gasteiger partial charge < -0.3 is 34.5 Å². The van der Waals surface area contributed by atoms with E-state index in [1.54, 1.807) is 30.0 Å². The van der Waals surface area contributed by atoms with Gasteiger partial charge in [0.15, 0.2) is 0 Å². The highest BCUT2D eigenvalue weighted by atomic mass is 32.2. The summed E-state index contributed by atoms with van der Waals surface area (Å²) in [5, 5.41) is 5.75. The molecule has 58 heavy (non-hydrogen) atoms. The molecule has 0 spiro atoms. The standard InChI is InChI=1S/C42H53F2N7O6S/c43-32-21-28(45-34-2-4-38(52)48-40(34)53)1-3-36(32)50-15-7-27(8-16-50)42(55)51-17-9-29(10-18-51)49-13-5-26(6-14-49)24-57-30-22-33(44)39-35(23-30)46-37(47-41(39)54)25-58-31-11-19-56-20-12-31/h1,3,21-23,26-27,29,31,34,45H,2,4-20,24-25H2,(H,46,47,54)(H,48,52,53). The lowest BCUT2D eigenvalue weighted by Gasteiger charge is -2.43. The van der Waals surface area contributed by atoms with E-state index in [4.69, 9.17) is 9.47 Å². The number of benzene rings is 2. The largest absolute Gasteiger partial charge is 0.493 e. The molecule has 6 heterocycles. The highest BCUT2D eigenvalue weighted by molar-refractivity contribution is 7.99. The molecule has 2 aromatic carbocycles. The molecule has 312 valence electrons. The van der Waals surface area contributed by atoms with Crippen LogP contribution in [0.25, 0.3) is 10.9 Å². The van der Waals surface area contributed by atoms with Crippen LogP contribution in [0.1, 0.15) is 70.0 Å². The highest BCUT2D eigenvalue weighted by Crippen LogP contribution is 2.32. The number of piperidine rings is 4. The highest BCUT2D eigenvalue weighted by Gasteiger charge is 2.34. The fourth-order valence-electron chi connectivity index (χ4n) is 9.10. The first kappa shape index (κ1) is 40.5. The second-order valence-corrected chi connectivity index (χ2v) is 17.6. The molecule has 3 aromatic rings. The number of ether oxygens (including phenoxy) is 2. The number of amides is 3. The molecule has 1 aromatic heterocycles. The summed E-state index contributed by atoms with van der Waals surface area (Å²) in [4.78, 5) is 63.7. The second-order valence-electron chi connectivity index (χ2n) is 16.4. The lowest BCUT2D eigenvalue weighted by atomic mass is 9.92. The molecule has 0 saturated carbocycles. The summed E-state index contributed by atoms with van der Waals surface area (Å²) in [5.74, 6) is 0.226. The summed E-state index contributed by atoms with van der Waals surface area (Å²) in [5.41, 5.74) is 0.813. The van der Waals surface area contributed by atoms with Crippen LogP contribution in [0.3, 0.4) is 0 Å². The summed E-state index contributed by atoms with van der Waals surface area (Å²) in [7, 11) is 0. The molecular weight excluding hydrogens is 769 g/mol. The van der Waals surface area contributed by atoms with Crippen molar-refractivity contribution < 1.29 is 32.6 Å². The number of rotatable bonds is 11. The van der Waals surface area contributed by atoms with Gasteiger partial charge in [0.25, 0.3) is 5.56 Å². The Kier molecular flexibility index (Phi) is 12.8. The Bertz CT molecular complexity index is 2020. The van der Waals surface area contributed by atoms with Crippen molar-refractivity contribution in [3.05, 3.63) is 58.1 Å². The van der Waals surface area contributed by atoms with Crippen molar-refractivity contribution in [1.29, 1.82) is 0 Å². The average Bonchev–Trinajstić information content (AvgIpc) is 3.23. The summed E-state index contributed by atoms with van der Waals surface area (Å²) < 4.78 is 41.8. The number of aromatic amines is 1. The first-order chi connectivity index (χ1) is 28.2. The minimum Gasteiger partial charge on any atom is -0.493 e. The van der Waals surface area contributed by atoms with Crippen molar-refractivity contribution >= 4 is 51.8 Å². The molecule has 1 unspecified atom stereocenters. The van der Waals surface area contributed by atoms with Gasteiger partial charge in [0.2, 0.25) is 17.7 Å². The van der Waals surface area contributed by atoms with Gasteiger partial charge in [0.1, 0.15) is 34.6 Å². The number of thioether (sulfide) groups is 1. The molecule has 1 atom stereocenters. The van der Waals surface area contributed by atoms with E-state index in [1.165, 1.54) is 12.1 Å². The Morgan fingerprint density at radius 1 is 0.897 bits per heavy atom. The summed E-state index contributed by atoms with van der Waals surface area (Å²) >= 11 is 1.74. The van der Waals surface area contributed by atoms with Crippen molar-refractivity contribution in [2.24, 2.45) is 11.8 Å². The van der Waals surface area contributed by atoms with Gasteiger partial charge in [-0.15, -0.1) is 0 Å². The van der Waals surface area contributed by atoms with Gasteiger partial charge in [-0.05, 0) is 95.0 Å². The molecule has 5 fully saturated rings. The average molecular weight is 822 g/mol. The topological polar surface area (TPSA) is 149 Å². The van der Waals surface area contributed by atoms with E-state index < -0.39 is 23.3 Å². The zero-order valence-electron chi connectivity index (χ0n) is 32.8. The number of likely N-dealkylation sites (tertiary alicyclic amines) is 2. The van der Waals surface area contributed by atoms with Crippen molar-refractivity contribution in [2.45, 2.75) is 87.3 Å². The number of hydrogen-bond acceptors (Lipinski definition) is 11. The van der Waals surface area contributed by atoms with Crippen molar-refractivity contribution in [1.82, 2.24) is 25.1 Å². The summed E-state index contributed by atoms with van der Waals surface area (Å²) in [6.45, 7) is 6.53. The summed E-state index contributed by atoms with van der Waals surface area (Å²) in [6, 6.07) is 7.66. The van der Waals surface area contributed by atoms with Crippen LogP contribution in [-0.2, 0) is 24.9 Å². The third kappa shape index (κ3) is 9.60. The maximum Gasteiger partial charge on any atom is 0.261 e. The third-order valence-electron chi connectivity index (χ3n) is 12.5. The van der Waals surface area contributed by atoms with Crippen LogP contribution in [-0.4, -0.2) is 114 Å². The van der Waals surface area contributed by atoms with Crippen molar-refractivity contribution in [3.8, 4) is 5.75 Å². The third-order valence-corrected chi connectivity index (χ3v) is 13.9. The minimum atomic E-state index is -0.629. The van der Waals surface area contributed by atoms with Crippen LogP contribution < -0.4 is 25.8 Å². The van der Waals surface area contributed by atoms with E-state index in [1.807, 2.05) is 9.80 Å². The quantitative estimate of drug-likeness (QED) is 0.229. The number of aromatic nitrogens is 2. The van der Waals surface area contributed by atoms with Crippen LogP contribution in [0, 0.1) is 23.5 Å². The Morgan fingerprint density at radius 3 is 2.38 bits per heavy atom. The van der Waals surface area contributed by atoms with Crippen LogP contribution in [0.15, 0.2) is 35.1 Å². The molecule has 13 nitrogen and oxygen atoms in total. The first-order valence-corrected chi connectivity index (χ1v) is 21.9. The lowest BCUT2D eigenvalue weighted by molar-refractivity contribution is -0.138. The Balaban J connectivity index is 0.752. The zero-order valence-corrected chi connectivity index (χ0v) is 33.6. The SMILES string of the molecule is O=C1CCC(Nc2ccc(N3CCC(C(=O)N4CCC(N5CCC(COc6cc(F)c7c(=O)[nH]c(CSC8CCOCC8)nc7c6)CC5)CC4)CC3)c(F)c2)C(=O)N1. The van der Waals surface area contributed by atoms with Crippen LogP contribution >= 0.6 is 11.8 Å². The maximum absolute atomic E-state index is 15.2. The maximum atomic E-state index is 15.2. The fourth-order valence-corrected chi connectivity index (χ4v) is 10.2. The normalized spacial score (nSPS) is 22.3. The molecule has 0 radical (unpaired) electrons. The Labute approximate surface area is 341 Å². The van der Waals surface area contributed by atoms with E-state index in [0.29, 0.717) is 90.4 Å². The van der Waals surface area contributed by atoms with Gasteiger partial charge in [-0.3, -0.25) is 24.5 Å². The van der Waals surface area contributed by atoms with Crippen molar-refractivity contribution in [2.75, 3.05) is 69.3 Å². The smallest absolute Gasteiger partial charge is 0.261 e. The van der Waals surface area contributed by atoms with E-state index in [2.05, 4.69) is 25.5 Å². The molecule has 16 heteroatoms. The van der Waals surface area contributed by atoms with Gasteiger partial charge in [-0.1, -0.05) is 0 Å². The molecule has 3 amide bonds. The zero-order chi connectivity index (χ0) is 40.2. The lowest BCUT2D eigenvalue weighted by Crippen LogP contribution is -2.51. The number of carbonyl (C=O) groups is 3. The number of nitrogens with one attached hydrogen (secondary N) is 3. The molecule has 5 saturated heterocycles. The number of anilines is 2. The minimum absolute atomic E-state index is 0.0439. The van der Waals surface area contributed by atoms with E-state index in [9.17, 15) is 19.2 Å². The van der Waals surface area contributed by atoms with Gasteiger partial charge in [-0.25, -0.2) is 13.8 Å². The van der Waals surface area contributed by atoms with Crippen LogP contribution in [0.4, 0.5) is 20.2 Å². The molecule has 8 rings (SSSR count). The molecule has 5 aliphatic heterocycles. The van der Waals surface area contributed by atoms with E-state index in [-0.39, 0.29) is 35.4 Å². The molecule has 3 N–H and O–H groups in total. The number of nitrogens with zero attached hydrogens (tertiary/aromatic N) is 4.